The molecule has 0 bridgehead atoms. The molecule has 3 aromatic carbocycles. The minimum atomic E-state index is -0.498. The summed E-state index contributed by atoms with van der Waals surface area (Å²) in [6.07, 6.45) is 0. The Morgan fingerprint density at radius 3 is 2.31 bits per heavy atom. The average Bonchev–Trinajstić information content (AvgIpc) is 2.88. The molecule has 0 spiro atoms. The van der Waals surface area contributed by atoms with Gasteiger partial charge in [0.15, 0.2) is 0 Å². The Morgan fingerprint density at radius 1 is 1.00 bits per heavy atom. The quantitative estimate of drug-likeness (QED) is 0.382. The third-order valence-corrected chi connectivity index (χ3v) is 6.10. The monoisotopic (exact) mass is 471 g/mol. The van der Waals surface area contributed by atoms with Crippen LogP contribution in [0.2, 0.25) is 0 Å². The maximum Gasteiger partial charge on any atom is 0.266 e. The van der Waals surface area contributed by atoms with Crippen LogP contribution >= 0.6 is 0 Å². The van der Waals surface area contributed by atoms with Gasteiger partial charge in [0.05, 0.1) is 36.9 Å². The molecule has 35 heavy (non-hydrogen) atoms. The molecule has 0 N–H and O–H groups in total. The third-order valence-electron chi connectivity index (χ3n) is 6.10. The Morgan fingerprint density at radius 2 is 1.69 bits per heavy atom. The lowest BCUT2D eigenvalue weighted by atomic mass is 10.1. The topological polar surface area (TPSA) is 73.7 Å². The van der Waals surface area contributed by atoms with E-state index in [1.54, 1.807) is 48.0 Å². The normalized spacial score (nSPS) is 11.8. The first-order valence-corrected chi connectivity index (χ1v) is 11.5. The number of carbonyl (C=O) groups excluding carboxylic acids is 1. The highest BCUT2D eigenvalue weighted by molar-refractivity contribution is 5.95. The van der Waals surface area contributed by atoms with E-state index < -0.39 is 6.04 Å². The molecule has 0 saturated carbocycles. The van der Waals surface area contributed by atoms with Crippen LogP contribution in [0.4, 0.5) is 0 Å². The van der Waals surface area contributed by atoms with Crippen molar-refractivity contribution in [3.63, 3.8) is 0 Å². The summed E-state index contributed by atoms with van der Waals surface area (Å²) in [4.78, 5) is 33.9. The summed E-state index contributed by atoms with van der Waals surface area (Å²) in [5, 5.41) is 0.525. The largest absolute Gasteiger partial charge is 0.497 e. The van der Waals surface area contributed by atoms with E-state index in [0.717, 1.165) is 5.56 Å². The number of aryl methyl sites for hydroxylation is 1. The molecule has 4 rings (SSSR count). The predicted molar refractivity (Wildman–Crippen MR) is 137 cm³/mol. The van der Waals surface area contributed by atoms with Gasteiger partial charge >= 0.3 is 0 Å². The molecule has 1 unspecified atom stereocenters. The molecule has 0 aliphatic heterocycles. The van der Waals surface area contributed by atoms with Crippen molar-refractivity contribution in [3.05, 3.63) is 94.0 Å². The van der Waals surface area contributed by atoms with Crippen molar-refractivity contribution in [2.75, 3.05) is 20.8 Å². The van der Waals surface area contributed by atoms with Crippen LogP contribution in [0.25, 0.3) is 16.6 Å². The van der Waals surface area contributed by atoms with Gasteiger partial charge in [-0.25, -0.2) is 4.98 Å². The average molecular weight is 472 g/mol. The van der Waals surface area contributed by atoms with E-state index in [1.807, 2.05) is 63.2 Å². The Kier molecular flexibility index (Phi) is 6.87. The minimum absolute atomic E-state index is 0.172. The van der Waals surface area contributed by atoms with Gasteiger partial charge in [0, 0.05) is 18.2 Å². The number of methoxy groups -OCH3 is 2. The van der Waals surface area contributed by atoms with Crippen molar-refractivity contribution in [2.45, 2.75) is 26.8 Å². The van der Waals surface area contributed by atoms with Crippen molar-refractivity contribution in [2.24, 2.45) is 0 Å². The standard InChI is InChI=1S/C28H29N3O4/c1-6-30(27(32)20-15-22(34-4)17-23(16-20)35-5)19(3)26-29-25-13-8-7-12-24(25)28(33)31(26)21-11-9-10-18(2)14-21/h7-17,19H,6H2,1-5H3. The Labute approximate surface area is 204 Å². The zero-order chi connectivity index (χ0) is 25.1. The van der Waals surface area contributed by atoms with Gasteiger partial charge in [0.2, 0.25) is 0 Å². The molecule has 0 aliphatic rings. The van der Waals surface area contributed by atoms with Crippen LogP contribution in [-0.2, 0) is 0 Å². The van der Waals surface area contributed by atoms with E-state index in [-0.39, 0.29) is 11.5 Å². The van der Waals surface area contributed by atoms with Crippen LogP contribution in [0.1, 0.15) is 41.6 Å². The van der Waals surface area contributed by atoms with E-state index in [1.165, 1.54) is 0 Å². The van der Waals surface area contributed by atoms with Gasteiger partial charge in [-0.3, -0.25) is 14.2 Å². The van der Waals surface area contributed by atoms with Gasteiger partial charge in [-0.2, -0.15) is 0 Å². The van der Waals surface area contributed by atoms with Gasteiger partial charge < -0.3 is 14.4 Å². The molecular formula is C28H29N3O4. The SMILES string of the molecule is CCN(C(=O)c1cc(OC)cc(OC)c1)C(C)c1nc2ccccc2c(=O)n1-c1cccc(C)c1. The zero-order valence-corrected chi connectivity index (χ0v) is 20.6. The maximum absolute atomic E-state index is 13.7. The smallest absolute Gasteiger partial charge is 0.266 e. The molecule has 4 aromatic rings. The minimum Gasteiger partial charge on any atom is -0.497 e. The maximum atomic E-state index is 13.7. The van der Waals surface area contributed by atoms with Crippen molar-refractivity contribution >= 4 is 16.8 Å². The Hall–Kier alpha value is -4.13. The van der Waals surface area contributed by atoms with Crippen molar-refractivity contribution < 1.29 is 14.3 Å². The van der Waals surface area contributed by atoms with E-state index in [9.17, 15) is 9.59 Å². The molecule has 0 radical (unpaired) electrons. The second kappa shape index (κ2) is 10.0. The number of carbonyl (C=O) groups is 1. The van der Waals surface area contributed by atoms with Crippen LogP contribution in [0.5, 0.6) is 11.5 Å². The molecular weight excluding hydrogens is 442 g/mol. The third kappa shape index (κ3) is 4.62. The summed E-state index contributed by atoms with van der Waals surface area (Å²) < 4.78 is 12.3. The molecule has 7 heteroatoms. The molecule has 0 fully saturated rings. The number of aromatic nitrogens is 2. The number of rotatable bonds is 7. The molecule has 180 valence electrons. The van der Waals surface area contributed by atoms with E-state index in [4.69, 9.17) is 14.5 Å². The molecule has 1 amide bonds. The molecule has 0 saturated heterocycles. The van der Waals surface area contributed by atoms with Crippen molar-refractivity contribution in [1.82, 2.24) is 14.5 Å². The van der Waals surface area contributed by atoms with E-state index in [0.29, 0.717) is 46.0 Å². The van der Waals surface area contributed by atoms with Crippen molar-refractivity contribution in [3.8, 4) is 17.2 Å². The zero-order valence-electron chi connectivity index (χ0n) is 20.6. The number of ether oxygens (including phenoxy) is 2. The molecule has 1 aromatic heterocycles. The first-order valence-electron chi connectivity index (χ1n) is 11.5. The highest BCUT2D eigenvalue weighted by Gasteiger charge is 2.27. The van der Waals surface area contributed by atoms with Crippen LogP contribution < -0.4 is 15.0 Å². The van der Waals surface area contributed by atoms with Gasteiger partial charge in [-0.05, 0) is 62.7 Å². The number of hydrogen-bond acceptors (Lipinski definition) is 5. The summed E-state index contributed by atoms with van der Waals surface area (Å²) in [7, 11) is 3.09. The summed E-state index contributed by atoms with van der Waals surface area (Å²) >= 11 is 0. The fraction of sp³-hybridized carbons (Fsp3) is 0.250. The second-order valence-corrected chi connectivity index (χ2v) is 8.34. The lowest BCUT2D eigenvalue weighted by molar-refractivity contribution is 0.0692. The summed E-state index contributed by atoms with van der Waals surface area (Å²) in [5.41, 5.74) is 2.58. The fourth-order valence-electron chi connectivity index (χ4n) is 4.28. The van der Waals surface area contributed by atoms with Gasteiger partial charge in [0.25, 0.3) is 11.5 Å². The lowest BCUT2D eigenvalue weighted by Crippen LogP contribution is -2.37. The van der Waals surface area contributed by atoms with E-state index in [2.05, 4.69) is 0 Å². The number of benzene rings is 3. The number of hydrogen-bond donors (Lipinski definition) is 0. The number of amides is 1. The first kappa shape index (κ1) is 24.0. The molecule has 7 nitrogen and oxygen atoms in total. The van der Waals surface area contributed by atoms with Gasteiger partial charge in [-0.1, -0.05) is 24.3 Å². The Bertz CT molecular complexity index is 1420. The van der Waals surface area contributed by atoms with Crippen LogP contribution in [0.3, 0.4) is 0 Å². The predicted octanol–water partition coefficient (Wildman–Crippen LogP) is 4.93. The fourth-order valence-corrected chi connectivity index (χ4v) is 4.28. The first-order chi connectivity index (χ1) is 16.9. The molecule has 1 atom stereocenters. The van der Waals surface area contributed by atoms with Crippen LogP contribution in [-0.4, -0.2) is 41.1 Å². The summed E-state index contributed by atoms with van der Waals surface area (Å²) in [6.45, 7) is 6.18. The summed E-state index contributed by atoms with van der Waals surface area (Å²) in [6, 6.07) is 19.6. The molecule has 1 heterocycles. The van der Waals surface area contributed by atoms with Gasteiger partial charge in [-0.15, -0.1) is 0 Å². The highest BCUT2D eigenvalue weighted by atomic mass is 16.5. The van der Waals surface area contributed by atoms with Crippen molar-refractivity contribution in [1.29, 1.82) is 0 Å². The number of nitrogens with zero attached hydrogens (tertiary/aromatic N) is 3. The second-order valence-electron chi connectivity index (χ2n) is 8.34. The number of para-hydroxylation sites is 1. The number of fused-ring (bicyclic) bond motifs is 1. The van der Waals surface area contributed by atoms with E-state index >= 15 is 0 Å². The van der Waals surface area contributed by atoms with Gasteiger partial charge in [0.1, 0.15) is 17.3 Å². The summed E-state index contributed by atoms with van der Waals surface area (Å²) in [5.74, 6) is 1.33. The highest BCUT2D eigenvalue weighted by Crippen LogP contribution is 2.28. The van der Waals surface area contributed by atoms with Crippen LogP contribution in [0.15, 0.2) is 71.5 Å². The van der Waals surface area contributed by atoms with Crippen LogP contribution in [0, 0.1) is 6.92 Å². The Balaban J connectivity index is 1.88. The molecule has 0 aliphatic carbocycles. The lowest BCUT2D eigenvalue weighted by Gasteiger charge is -2.30.